The van der Waals surface area contributed by atoms with Crippen molar-refractivity contribution in [2.24, 2.45) is 5.92 Å². The molecule has 2 heteroatoms. The first-order chi connectivity index (χ1) is 17.1. The molecule has 178 valence electrons. The first-order valence-electron chi connectivity index (χ1n) is 12.4. The lowest BCUT2D eigenvalue weighted by Crippen LogP contribution is -2.53. The van der Waals surface area contributed by atoms with Crippen LogP contribution in [0.5, 0.6) is 0 Å². The monoisotopic (exact) mass is 461 g/mol. The Hall–Kier alpha value is -3.46. The number of hydrogen-bond acceptors (Lipinski definition) is 2. The van der Waals surface area contributed by atoms with Crippen LogP contribution in [-0.2, 0) is 5.54 Å². The zero-order valence-electron chi connectivity index (χ0n) is 20.6. The van der Waals surface area contributed by atoms with E-state index in [0.29, 0.717) is 5.92 Å². The van der Waals surface area contributed by atoms with Crippen LogP contribution in [0.15, 0.2) is 127 Å². The molecule has 0 bridgehead atoms. The van der Waals surface area contributed by atoms with Crippen LogP contribution >= 0.6 is 0 Å². The van der Waals surface area contributed by atoms with Crippen molar-refractivity contribution in [3.05, 3.63) is 150 Å². The summed E-state index contributed by atoms with van der Waals surface area (Å²) < 4.78 is 0. The quantitative estimate of drug-likeness (QED) is 0.248. The maximum atomic E-state index is 11.5. The molecule has 4 aromatic carbocycles. The molecule has 2 N–H and O–H groups in total. The van der Waals surface area contributed by atoms with Gasteiger partial charge in [0.2, 0.25) is 0 Å². The Bertz CT molecular complexity index is 1070. The molecule has 0 spiro atoms. The number of aliphatic hydroxyl groups excluding tert-OH is 1. The van der Waals surface area contributed by atoms with Crippen molar-refractivity contribution in [1.29, 1.82) is 0 Å². The highest BCUT2D eigenvalue weighted by Crippen LogP contribution is 2.38. The van der Waals surface area contributed by atoms with E-state index in [1.807, 2.05) is 48.6 Å². The molecule has 4 aromatic rings. The van der Waals surface area contributed by atoms with Crippen molar-refractivity contribution in [1.82, 2.24) is 5.32 Å². The molecule has 0 heterocycles. The van der Waals surface area contributed by atoms with Gasteiger partial charge in [0, 0.05) is 6.04 Å². The Kier molecular flexibility index (Phi) is 8.31. The molecule has 2 atom stereocenters. The van der Waals surface area contributed by atoms with Crippen LogP contribution in [-0.4, -0.2) is 17.3 Å². The van der Waals surface area contributed by atoms with Gasteiger partial charge in [0.05, 0.1) is 11.6 Å². The Morgan fingerprint density at radius 3 is 1.46 bits per heavy atom. The van der Waals surface area contributed by atoms with E-state index in [9.17, 15) is 5.11 Å². The van der Waals surface area contributed by atoms with Crippen LogP contribution in [0.1, 0.15) is 42.5 Å². The molecule has 0 fully saturated rings. The van der Waals surface area contributed by atoms with Gasteiger partial charge in [0.15, 0.2) is 0 Å². The van der Waals surface area contributed by atoms with Crippen LogP contribution in [0.4, 0.5) is 0 Å². The molecule has 0 aliphatic rings. The van der Waals surface area contributed by atoms with E-state index in [1.165, 1.54) is 0 Å². The van der Waals surface area contributed by atoms with Gasteiger partial charge in [-0.3, -0.25) is 5.32 Å². The summed E-state index contributed by atoms with van der Waals surface area (Å²) in [6.07, 6.45) is 4.10. The second-order valence-corrected chi connectivity index (χ2v) is 9.49. The van der Waals surface area contributed by atoms with Crippen LogP contribution in [0.2, 0.25) is 0 Å². The largest absolute Gasteiger partial charge is 0.387 e. The highest BCUT2D eigenvalue weighted by Gasteiger charge is 2.39. The van der Waals surface area contributed by atoms with Gasteiger partial charge < -0.3 is 5.11 Å². The predicted molar refractivity (Wildman–Crippen MR) is 147 cm³/mol. The van der Waals surface area contributed by atoms with Crippen molar-refractivity contribution >= 4 is 6.08 Å². The number of aliphatic hydroxyl groups is 1. The number of benzene rings is 4. The minimum atomic E-state index is -0.659. The summed E-state index contributed by atoms with van der Waals surface area (Å²) in [5, 5.41) is 15.5. The predicted octanol–water partition coefficient (Wildman–Crippen LogP) is 7.06. The molecule has 35 heavy (non-hydrogen) atoms. The Morgan fingerprint density at radius 1 is 0.657 bits per heavy atom. The number of rotatable bonds is 10. The summed E-state index contributed by atoms with van der Waals surface area (Å²) >= 11 is 0. The van der Waals surface area contributed by atoms with Gasteiger partial charge >= 0.3 is 0 Å². The van der Waals surface area contributed by atoms with Crippen molar-refractivity contribution in [2.75, 3.05) is 0 Å². The summed E-state index contributed by atoms with van der Waals surface area (Å²) in [6, 6.07) is 41.7. The van der Waals surface area contributed by atoms with Crippen LogP contribution in [0.3, 0.4) is 0 Å². The first-order valence-corrected chi connectivity index (χ1v) is 12.4. The maximum absolute atomic E-state index is 11.5. The third-order valence-corrected chi connectivity index (χ3v) is 6.45. The number of nitrogens with one attached hydrogen (secondary N) is 1. The average molecular weight is 462 g/mol. The van der Waals surface area contributed by atoms with E-state index in [1.54, 1.807) is 0 Å². The summed E-state index contributed by atoms with van der Waals surface area (Å²) in [5.41, 5.74) is 3.89. The van der Waals surface area contributed by atoms with E-state index >= 15 is 0 Å². The molecule has 0 aliphatic carbocycles. The third-order valence-electron chi connectivity index (χ3n) is 6.45. The molecule has 2 nitrogen and oxygen atoms in total. The lowest BCUT2D eigenvalue weighted by atomic mass is 9.75. The fourth-order valence-corrected chi connectivity index (χ4v) is 4.79. The molecular weight excluding hydrogens is 426 g/mol. The van der Waals surface area contributed by atoms with Crippen molar-refractivity contribution in [2.45, 2.75) is 38.0 Å². The molecule has 4 rings (SSSR count). The van der Waals surface area contributed by atoms with E-state index in [2.05, 4.69) is 104 Å². The van der Waals surface area contributed by atoms with E-state index in [0.717, 1.165) is 28.7 Å². The van der Waals surface area contributed by atoms with Crippen molar-refractivity contribution < 1.29 is 5.11 Å². The van der Waals surface area contributed by atoms with Gasteiger partial charge in [-0.15, -0.1) is 0 Å². The van der Waals surface area contributed by atoms with Crippen LogP contribution < -0.4 is 5.32 Å². The molecule has 0 aromatic heterocycles. The Balaban J connectivity index is 1.83. The van der Waals surface area contributed by atoms with E-state index < -0.39 is 11.6 Å². The summed E-state index contributed by atoms with van der Waals surface area (Å²) in [5.74, 6) is 0.410. The molecule has 0 amide bonds. The average Bonchev–Trinajstić information content (AvgIpc) is 2.91. The van der Waals surface area contributed by atoms with E-state index in [-0.39, 0.29) is 6.04 Å². The lowest BCUT2D eigenvalue weighted by Gasteiger charge is -2.41. The highest BCUT2D eigenvalue weighted by atomic mass is 16.3. The zero-order valence-corrected chi connectivity index (χ0v) is 20.6. The highest BCUT2D eigenvalue weighted by molar-refractivity contribution is 5.51. The smallest absolute Gasteiger partial charge is 0.0951 e. The fourth-order valence-electron chi connectivity index (χ4n) is 4.79. The zero-order chi connectivity index (χ0) is 24.5. The first kappa shape index (κ1) is 24.7. The molecule has 0 aliphatic heterocycles. The standard InChI is InChI=1S/C33H35NO/c1-26(2)25-31(32(35)24-23-27-15-7-3-8-16-27)34-33(28-17-9-4-10-18-28,29-19-11-5-12-20-29)30-21-13-6-14-22-30/h3-24,26,31-32,34-35H,25H2,1-2H3/b24-23+/t31-,32-/m0/s1. The summed E-state index contributed by atoms with van der Waals surface area (Å²) in [4.78, 5) is 0. The fraction of sp³-hybridized carbons (Fsp3) is 0.212. The van der Waals surface area contributed by atoms with Crippen molar-refractivity contribution in [3.63, 3.8) is 0 Å². The van der Waals surface area contributed by atoms with Gasteiger partial charge in [0.25, 0.3) is 0 Å². The maximum Gasteiger partial charge on any atom is 0.0951 e. The number of hydrogen-bond donors (Lipinski definition) is 2. The second kappa shape index (κ2) is 11.8. The molecule has 0 saturated heterocycles. The topological polar surface area (TPSA) is 32.3 Å². The Morgan fingerprint density at radius 2 is 1.06 bits per heavy atom. The Labute approximate surface area is 210 Å². The third kappa shape index (κ3) is 5.97. The minimum Gasteiger partial charge on any atom is -0.387 e. The minimum absolute atomic E-state index is 0.171. The lowest BCUT2D eigenvalue weighted by molar-refractivity contribution is 0.143. The summed E-state index contributed by atoms with van der Waals surface area (Å²) in [7, 11) is 0. The van der Waals surface area contributed by atoms with Gasteiger partial charge in [-0.1, -0.05) is 147 Å². The van der Waals surface area contributed by atoms with Gasteiger partial charge in [-0.05, 0) is 34.6 Å². The van der Waals surface area contributed by atoms with Crippen LogP contribution in [0.25, 0.3) is 6.08 Å². The van der Waals surface area contributed by atoms with E-state index in [4.69, 9.17) is 0 Å². The molecule has 0 saturated carbocycles. The normalized spacial score (nSPS) is 13.7. The van der Waals surface area contributed by atoms with Gasteiger partial charge in [-0.2, -0.15) is 0 Å². The van der Waals surface area contributed by atoms with Gasteiger partial charge in [0.1, 0.15) is 0 Å². The molecular formula is C33H35NO. The second-order valence-electron chi connectivity index (χ2n) is 9.49. The SMILES string of the molecule is CC(C)C[C@H](NC(c1ccccc1)(c1ccccc1)c1ccccc1)[C@@H](O)/C=C/c1ccccc1. The van der Waals surface area contributed by atoms with Gasteiger partial charge in [-0.25, -0.2) is 0 Å². The molecule has 0 unspecified atom stereocenters. The molecule has 0 radical (unpaired) electrons. The van der Waals surface area contributed by atoms with Crippen molar-refractivity contribution in [3.8, 4) is 0 Å². The summed E-state index contributed by atoms with van der Waals surface area (Å²) in [6.45, 7) is 4.41. The van der Waals surface area contributed by atoms with Crippen LogP contribution in [0, 0.1) is 5.92 Å².